The van der Waals surface area contributed by atoms with Gasteiger partial charge < -0.3 is 10.3 Å². The van der Waals surface area contributed by atoms with E-state index >= 15 is 0 Å². The van der Waals surface area contributed by atoms with Crippen LogP contribution in [-0.2, 0) is 6.54 Å². The number of amides is 1. The van der Waals surface area contributed by atoms with E-state index in [2.05, 4.69) is 20.3 Å². The van der Waals surface area contributed by atoms with E-state index in [9.17, 15) is 9.59 Å². The first-order valence-electron chi connectivity index (χ1n) is 10.8. The Hall–Kier alpha value is -4.43. The molecule has 0 unspecified atom stereocenters. The molecule has 0 atom stereocenters. The van der Waals surface area contributed by atoms with E-state index in [1.807, 2.05) is 43.3 Å². The lowest BCUT2D eigenvalue weighted by molar-refractivity contribution is 0.0950. The van der Waals surface area contributed by atoms with Gasteiger partial charge in [-0.25, -0.2) is 15.0 Å². The minimum absolute atomic E-state index is 0.0244. The molecule has 4 heterocycles. The van der Waals surface area contributed by atoms with Crippen LogP contribution >= 0.6 is 11.6 Å². The van der Waals surface area contributed by atoms with Crippen LogP contribution in [0.3, 0.4) is 0 Å². The Morgan fingerprint density at radius 3 is 2.54 bits per heavy atom. The van der Waals surface area contributed by atoms with Gasteiger partial charge in [-0.05, 0) is 31.2 Å². The number of benzene rings is 1. The molecule has 5 rings (SSSR count). The fourth-order valence-electron chi connectivity index (χ4n) is 3.74. The van der Waals surface area contributed by atoms with Crippen molar-refractivity contribution < 1.29 is 4.79 Å². The van der Waals surface area contributed by atoms with E-state index in [0.29, 0.717) is 44.6 Å². The first-order chi connectivity index (χ1) is 17.0. The molecule has 0 saturated heterocycles. The first-order valence-corrected chi connectivity index (χ1v) is 11.2. The number of aromatic nitrogens is 5. The number of aryl methyl sites for hydroxylation is 1. The molecule has 0 aliphatic heterocycles. The quantitative estimate of drug-likeness (QED) is 0.360. The monoisotopic (exact) mass is 482 g/mol. The summed E-state index contributed by atoms with van der Waals surface area (Å²) in [6.07, 6.45) is 4.59. The Morgan fingerprint density at radius 1 is 1.00 bits per heavy atom. The number of carbonyl (C=O) groups excluding carboxylic acids is 1. The maximum Gasteiger partial charge on any atom is 0.253 e. The molecule has 0 aliphatic rings. The molecule has 4 aromatic heterocycles. The largest absolute Gasteiger partial charge is 0.348 e. The standard InChI is InChI=1S/C26H19ClN6O2/c1-15-10-18(11-20(27)31-15)22-21(16-6-3-2-4-7-16)33-25-23(32-22)24(34)19(13-29-25)14-30-26(35)17-8-5-9-28-12-17/h2-13H,14H2,1H3,(H,30,35)(H,29,33,34). The van der Waals surface area contributed by atoms with Gasteiger partial charge in [0.25, 0.3) is 5.91 Å². The van der Waals surface area contributed by atoms with Gasteiger partial charge in [-0.3, -0.25) is 14.6 Å². The van der Waals surface area contributed by atoms with E-state index in [4.69, 9.17) is 21.6 Å². The molecule has 0 radical (unpaired) electrons. The maximum atomic E-state index is 13.3. The van der Waals surface area contributed by atoms with Gasteiger partial charge in [0.05, 0.1) is 17.0 Å². The number of pyridine rings is 3. The third-order valence-corrected chi connectivity index (χ3v) is 5.59. The number of nitrogens with zero attached hydrogens (tertiary/aromatic N) is 4. The minimum Gasteiger partial charge on any atom is -0.348 e. The normalized spacial score (nSPS) is 10.9. The molecule has 0 aliphatic carbocycles. The molecule has 2 N–H and O–H groups in total. The van der Waals surface area contributed by atoms with E-state index in [1.54, 1.807) is 30.6 Å². The summed E-state index contributed by atoms with van der Waals surface area (Å²) in [4.78, 5) is 46.4. The highest BCUT2D eigenvalue weighted by Crippen LogP contribution is 2.31. The number of aromatic amines is 1. The van der Waals surface area contributed by atoms with Crippen LogP contribution in [0.4, 0.5) is 0 Å². The average molecular weight is 483 g/mol. The van der Waals surface area contributed by atoms with Crippen molar-refractivity contribution in [1.82, 2.24) is 30.2 Å². The highest BCUT2D eigenvalue weighted by atomic mass is 35.5. The van der Waals surface area contributed by atoms with Crippen LogP contribution in [-0.4, -0.2) is 30.8 Å². The van der Waals surface area contributed by atoms with Gasteiger partial charge in [0.15, 0.2) is 11.2 Å². The number of H-pyrrole nitrogens is 1. The van der Waals surface area contributed by atoms with Crippen LogP contribution in [0.2, 0.25) is 5.15 Å². The third-order valence-electron chi connectivity index (χ3n) is 5.39. The van der Waals surface area contributed by atoms with E-state index in [0.717, 1.165) is 5.56 Å². The zero-order valence-corrected chi connectivity index (χ0v) is 19.4. The lowest BCUT2D eigenvalue weighted by atomic mass is 10.0. The number of fused-ring (bicyclic) bond motifs is 1. The highest BCUT2D eigenvalue weighted by Gasteiger charge is 2.17. The topological polar surface area (TPSA) is 114 Å². The van der Waals surface area contributed by atoms with Gasteiger partial charge in [-0.2, -0.15) is 0 Å². The van der Waals surface area contributed by atoms with Crippen LogP contribution in [0.1, 0.15) is 21.6 Å². The van der Waals surface area contributed by atoms with Gasteiger partial charge >= 0.3 is 0 Å². The van der Waals surface area contributed by atoms with Crippen LogP contribution in [0.25, 0.3) is 33.7 Å². The number of rotatable bonds is 5. The number of carbonyl (C=O) groups is 1. The van der Waals surface area contributed by atoms with Gasteiger partial charge in [-0.15, -0.1) is 0 Å². The SMILES string of the molecule is Cc1cc(-c2nc3c(=O)c(CNC(=O)c4cccnc4)c[nH]c3nc2-c2ccccc2)cc(Cl)n1. The first kappa shape index (κ1) is 22.4. The van der Waals surface area contributed by atoms with E-state index in [1.165, 1.54) is 6.20 Å². The zero-order valence-electron chi connectivity index (χ0n) is 18.6. The molecule has 8 nitrogen and oxygen atoms in total. The minimum atomic E-state index is -0.328. The van der Waals surface area contributed by atoms with Gasteiger partial charge in [0.2, 0.25) is 5.43 Å². The van der Waals surface area contributed by atoms with Crippen LogP contribution in [0.15, 0.2) is 78.0 Å². The van der Waals surface area contributed by atoms with Crippen molar-refractivity contribution in [2.75, 3.05) is 0 Å². The molecule has 5 aromatic rings. The van der Waals surface area contributed by atoms with Crippen LogP contribution < -0.4 is 10.7 Å². The molecule has 0 spiro atoms. The Labute approximate surface area is 205 Å². The van der Waals surface area contributed by atoms with Crippen LogP contribution in [0.5, 0.6) is 0 Å². The predicted molar refractivity (Wildman–Crippen MR) is 134 cm³/mol. The van der Waals surface area contributed by atoms with Crippen molar-refractivity contribution in [3.63, 3.8) is 0 Å². The molecule has 0 bridgehead atoms. The van der Waals surface area contributed by atoms with Crippen molar-refractivity contribution in [2.45, 2.75) is 13.5 Å². The molecular weight excluding hydrogens is 464 g/mol. The summed E-state index contributed by atoms with van der Waals surface area (Å²) >= 11 is 6.22. The zero-order chi connectivity index (χ0) is 24.4. The number of halogens is 1. The molecule has 1 aromatic carbocycles. The Bertz CT molecular complexity index is 1580. The number of hydrogen-bond donors (Lipinski definition) is 2. The molecule has 35 heavy (non-hydrogen) atoms. The fraction of sp³-hybridized carbons (Fsp3) is 0.0769. The molecular formula is C26H19ClN6O2. The Kier molecular flexibility index (Phi) is 6.03. The number of hydrogen-bond acceptors (Lipinski definition) is 6. The summed E-state index contributed by atoms with van der Waals surface area (Å²) < 4.78 is 0. The van der Waals surface area contributed by atoms with Crippen molar-refractivity contribution in [2.24, 2.45) is 0 Å². The maximum absolute atomic E-state index is 13.3. The van der Waals surface area contributed by atoms with E-state index < -0.39 is 0 Å². The lowest BCUT2D eigenvalue weighted by Crippen LogP contribution is -2.26. The summed E-state index contributed by atoms with van der Waals surface area (Å²) in [6.45, 7) is 1.86. The Morgan fingerprint density at radius 2 is 1.80 bits per heavy atom. The molecule has 0 fully saturated rings. The highest BCUT2D eigenvalue weighted by molar-refractivity contribution is 6.29. The summed E-state index contributed by atoms with van der Waals surface area (Å²) in [7, 11) is 0. The van der Waals surface area contributed by atoms with Gasteiger partial charge in [0.1, 0.15) is 5.15 Å². The molecule has 172 valence electrons. The molecule has 1 amide bonds. The predicted octanol–water partition coefficient (Wildman–Crippen LogP) is 4.33. The van der Waals surface area contributed by atoms with Gasteiger partial charge in [0, 0.05) is 47.5 Å². The summed E-state index contributed by atoms with van der Waals surface area (Å²) in [5.74, 6) is -0.328. The second-order valence-electron chi connectivity index (χ2n) is 7.87. The van der Waals surface area contributed by atoms with Crippen molar-refractivity contribution >= 4 is 28.7 Å². The molecule has 9 heteroatoms. The fourth-order valence-corrected chi connectivity index (χ4v) is 3.99. The lowest BCUT2D eigenvalue weighted by Gasteiger charge is -2.12. The third kappa shape index (κ3) is 4.64. The second kappa shape index (κ2) is 9.44. The number of nitrogens with one attached hydrogen (secondary N) is 2. The second-order valence-corrected chi connectivity index (χ2v) is 8.26. The van der Waals surface area contributed by atoms with Crippen molar-refractivity contribution in [1.29, 1.82) is 0 Å². The Balaban J connectivity index is 1.60. The summed E-state index contributed by atoms with van der Waals surface area (Å²) in [6, 6.07) is 16.5. The van der Waals surface area contributed by atoms with Crippen molar-refractivity contribution in [3.05, 3.63) is 105 Å². The average Bonchev–Trinajstić information content (AvgIpc) is 2.88. The summed E-state index contributed by atoms with van der Waals surface area (Å²) in [5.41, 5.74) is 4.32. The van der Waals surface area contributed by atoms with Crippen LogP contribution in [0, 0.1) is 6.92 Å². The van der Waals surface area contributed by atoms with Gasteiger partial charge in [-0.1, -0.05) is 41.9 Å². The molecule has 0 saturated carbocycles. The smallest absolute Gasteiger partial charge is 0.253 e. The van der Waals surface area contributed by atoms with E-state index in [-0.39, 0.29) is 23.4 Å². The van der Waals surface area contributed by atoms with Crippen molar-refractivity contribution in [3.8, 4) is 22.5 Å². The summed E-state index contributed by atoms with van der Waals surface area (Å²) in [5, 5.41) is 3.07.